The van der Waals surface area contributed by atoms with Crippen LogP contribution in [0.2, 0.25) is 0 Å². The Morgan fingerprint density at radius 1 is 1.50 bits per heavy atom. The van der Waals surface area contributed by atoms with Crippen molar-refractivity contribution in [2.75, 3.05) is 19.8 Å². The highest BCUT2D eigenvalue weighted by molar-refractivity contribution is 7.89. The molecule has 0 aromatic rings. The third-order valence-electron chi connectivity index (χ3n) is 2.46. The molecule has 0 amide bonds. The predicted molar refractivity (Wildman–Crippen MR) is 54.4 cm³/mol. The fourth-order valence-electron chi connectivity index (χ4n) is 1.57. The molecule has 0 aliphatic carbocycles. The van der Waals surface area contributed by atoms with E-state index in [0.717, 1.165) is 6.42 Å². The third-order valence-corrected chi connectivity index (χ3v) is 3.79. The van der Waals surface area contributed by atoms with Gasteiger partial charge in [-0.15, -0.1) is 0 Å². The number of piperidine rings is 1. The van der Waals surface area contributed by atoms with Gasteiger partial charge in [-0.3, -0.25) is 0 Å². The molecular weight excluding hydrogens is 204 g/mol. The molecule has 6 heteroatoms. The zero-order valence-electron chi connectivity index (χ0n) is 8.40. The summed E-state index contributed by atoms with van der Waals surface area (Å²) in [4.78, 5) is 0. The van der Waals surface area contributed by atoms with Crippen LogP contribution in [0.4, 0.5) is 0 Å². The highest BCUT2D eigenvalue weighted by Gasteiger charge is 2.27. The van der Waals surface area contributed by atoms with E-state index in [-0.39, 0.29) is 6.04 Å². The number of nitrogens with two attached hydrogens (primary N) is 1. The maximum atomic E-state index is 11.0. The van der Waals surface area contributed by atoms with E-state index in [0.29, 0.717) is 26.2 Å². The van der Waals surface area contributed by atoms with Crippen molar-refractivity contribution in [3.63, 3.8) is 0 Å². The highest BCUT2D eigenvalue weighted by atomic mass is 32.2. The molecule has 0 radical (unpaired) electrons. The summed E-state index contributed by atoms with van der Waals surface area (Å²) in [5.41, 5.74) is 0. The van der Waals surface area contributed by atoms with Gasteiger partial charge in [0.25, 0.3) is 0 Å². The van der Waals surface area contributed by atoms with Crippen LogP contribution in [0.3, 0.4) is 0 Å². The Bertz CT molecular complexity index is 258. The first-order chi connectivity index (χ1) is 6.54. The average Bonchev–Trinajstić information content (AvgIpc) is 2.14. The molecule has 2 unspecified atom stereocenters. The number of hydrogen-bond donors (Lipinski definition) is 2. The van der Waals surface area contributed by atoms with Gasteiger partial charge in [-0.05, 0) is 19.8 Å². The molecule has 2 atom stereocenters. The molecule has 14 heavy (non-hydrogen) atoms. The van der Waals surface area contributed by atoms with Crippen LogP contribution < -0.4 is 10.5 Å². The van der Waals surface area contributed by atoms with Gasteiger partial charge in [-0.2, -0.15) is 0 Å². The minimum absolute atomic E-state index is 0.271. The van der Waals surface area contributed by atoms with Crippen LogP contribution in [0.5, 0.6) is 0 Å². The molecule has 3 N–H and O–H groups in total. The fraction of sp³-hybridized carbons (Fsp3) is 1.00. The molecule has 1 aliphatic heterocycles. The first kappa shape index (κ1) is 11.9. The van der Waals surface area contributed by atoms with E-state index >= 15 is 0 Å². The van der Waals surface area contributed by atoms with E-state index < -0.39 is 15.3 Å². The van der Waals surface area contributed by atoms with Crippen molar-refractivity contribution in [2.45, 2.75) is 31.1 Å². The van der Waals surface area contributed by atoms with Gasteiger partial charge >= 0.3 is 0 Å². The van der Waals surface area contributed by atoms with Gasteiger partial charge in [0.05, 0.1) is 11.9 Å². The second-order valence-electron chi connectivity index (χ2n) is 3.55. The van der Waals surface area contributed by atoms with E-state index in [1.807, 2.05) is 6.92 Å². The maximum Gasteiger partial charge on any atom is 0.213 e. The molecule has 0 spiro atoms. The molecule has 1 saturated heterocycles. The van der Waals surface area contributed by atoms with Gasteiger partial charge in [0, 0.05) is 19.2 Å². The van der Waals surface area contributed by atoms with Crippen LogP contribution in [0.1, 0.15) is 19.8 Å². The van der Waals surface area contributed by atoms with E-state index in [9.17, 15) is 8.42 Å². The lowest BCUT2D eigenvalue weighted by Gasteiger charge is -2.28. The molecule has 1 aliphatic rings. The third kappa shape index (κ3) is 3.53. The van der Waals surface area contributed by atoms with E-state index in [4.69, 9.17) is 9.88 Å². The number of sulfonamides is 1. The number of rotatable bonds is 4. The number of hydrogen-bond acceptors (Lipinski definition) is 4. The highest BCUT2D eigenvalue weighted by Crippen LogP contribution is 2.13. The van der Waals surface area contributed by atoms with Crippen molar-refractivity contribution in [3.05, 3.63) is 0 Å². The summed E-state index contributed by atoms with van der Waals surface area (Å²) < 4.78 is 27.3. The van der Waals surface area contributed by atoms with Gasteiger partial charge in [0.1, 0.15) is 0 Å². The Labute approximate surface area is 85.1 Å². The number of primary sulfonamides is 1. The van der Waals surface area contributed by atoms with E-state index in [1.165, 1.54) is 0 Å². The van der Waals surface area contributed by atoms with Gasteiger partial charge in [0.15, 0.2) is 0 Å². The predicted octanol–water partition coefficient (Wildman–Crippen LogP) is -0.568. The SMILES string of the molecule is CCOCC1CCC(S(N)(=O)=O)CN1. The van der Waals surface area contributed by atoms with Gasteiger partial charge in [-0.1, -0.05) is 0 Å². The number of ether oxygens (including phenoxy) is 1. The summed E-state index contributed by atoms with van der Waals surface area (Å²) in [5, 5.41) is 7.75. The van der Waals surface area contributed by atoms with E-state index in [2.05, 4.69) is 5.32 Å². The summed E-state index contributed by atoms with van der Waals surface area (Å²) >= 11 is 0. The largest absolute Gasteiger partial charge is 0.380 e. The minimum atomic E-state index is -3.37. The van der Waals surface area contributed by atoms with Gasteiger partial charge in [-0.25, -0.2) is 13.6 Å². The zero-order valence-corrected chi connectivity index (χ0v) is 9.22. The topological polar surface area (TPSA) is 81.4 Å². The first-order valence-corrected chi connectivity index (χ1v) is 6.47. The minimum Gasteiger partial charge on any atom is -0.380 e. The molecular formula is C8H18N2O3S. The fourth-order valence-corrected chi connectivity index (χ4v) is 2.37. The Morgan fingerprint density at radius 2 is 2.21 bits per heavy atom. The number of nitrogens with one attached hydrogen (secondary N) is 1. The van der Waals surface area contributed by atoms with Crippen LogP contribution in [-0.4, -0.2) is 39.5 Å². The molecule has 5 nitrogen and oxygen atoms in total. The Morgan fingerprint density at radius 3 is 2.64 bits per heavy atom. The molecule has 1 heterocycles. The second kappa shape index (κ2) is 5.06. The molecule has 84 valence electrons. The lowest BCUT2D eigenvalue weighted by atomic mass is 10.1. The summed E-state index contributed by atoms with van der Waals surface area (Å²) in [6, 6.07) is 0.271. The van der Waals surface area contributed by atoms with Gasteiger partial charge in [0.2, 0.25) is 10.0 Å². The Hall–Kier alpha value is -0.170. The summed E-state index contributed by atoms with van der Waals surface area (Å²) in [6.45, 7) is 3.72. The molecule has 0 bridgehead atoms. The molecule has 1 fully saturated rings. The van der Waals surface area contributed by atoms with E-state index in [1.54, 1.807) is 0 Å². The lowest BCUT2D eigenvalue weighted by molar-refractivity contribution is 0.114. The summed E-state index contributed by atoms with van der Waals surface area (Å²) in [7, 11) is -3.37. The van der Waals surface area contributed by atoms with Crippen molar-refractivity contribution >= 4 is 10.0 Å². The smallest absolute Gasteiger partial charge is 0.213 e. The maximum absolute atomic E-state index is 11.0. The molecule has 0 aromatic heterocycles. The van der Waals surface area contributed by atoms with Gasteiger partial charge < -0.3 is 10.1 Å². The van der Waals surface area contributed by atoms with Crippen molar-refractivity contribution in [1.82, 2.24) is 5.32 Å². The van der Waals surface area contributed by atoms with Crippen LogP contribution in [0.25, 0.3) is 0 Å². The van der Waals surface area contributed by atoms with Crippen molar-refractivity contribution in [3.8, 4) is 0 Å². The lowest BCUT2D eigenvalue weighted by Crippen LogP contribution is -2.48. The van der Waals surface area contributed by atoms with Crippen molar-refractivity contribution in [1.29, 1.82) is 0 Å². The molecule has 0 aromatic carbocycles. The molecule has 0 saturated carbocycles. The Kier molecular flexibility index (Phi) is 4.31. The van der Waals surface area contributed by atoms with Crippen molar-refractivity contribution in [2.24, 2.45) is 5.14 Å². The summed E-state index contributed by atoms with van der Waals surface area (Å²) in [5.74, 6) is 0. The van der Waals surface area contributed by atoms with Crippen molar-refractivity contribution < 1.29 is 13.2 Å². The monoisotopic (exact) mass is 222 g/mol. The van der Waals surface area contributed by atoms with Crippen LogP contribution in [-0.2, 0) is 14.8 Å². The Balaban J connectivity index is 2.31. The van der Waals surface area contributed by atoms with Crippen LogP contribution >= 0.6 is 0 Å². The van der Waals surface area contributed by atoms with Crippen LogP contribution in [0.15, 0.2) is 0 Å². The molecule has 1 rings (SSSR count). The van der Waals surface area contributed by atoms with Crippen LogP contribution in [0, 0.1) is 0 Å². The standard InChI is InChI=1S/C8H18N2O3S/c1-2-13-6-7-3-4-8(5-10-7)14(9,11)12/h7-8,10H,2-6H2,1H3,(H2,9,11,12). The summed E-state index contributed by atoms with van der Waals surface area (Å²) in [6.07, 6.45) is 1.44. The average molecular weight is 222 g/mol. The zero-order chi connectivity index (χ0) is 10.6. The quantitative estimate of drug-likeness (QED) is 0.667. The first-order valence-electron chi connectivity index (χ1n) is 4.86. The normalized spacial score (nSPS) is 29.0. The second-order valence-corrected chi connectivity index (χ2v) is 5.40.